The van der Waals surface area contributed by atoms with Crippen molar-refractivity contribution in [2.75, 3.05) is 26.7 Å². The van der Waals surface area contributed by atoms with Crippen molar-refractivity contribution in [2.24, 2.45) is 0 Å². The second-order valence-corrected chi connectivity index (χ2v) is 10.1. The van der Waals surface area contributed by atoms with Crippen LogP contribution in [0.1, 0.15) is 80.0 Å². The minimum absolute atomic E-state index is 0.0775. The van der Waals surface area contributed by atoms with E-state index in [0.29, 0.717) is 0 Å². The summed E-state index contributed by atoms with van der Waals surface area (Å²) < 4.78 is 13.8. The first-order valence-electron chi connectivity index (χ1n) is 12.1. The van der Waals surface area contributed by atoms with E-state index in [-0.39, 0.29) is 20.9 Å². The van der Waals surface area contributed by atoms with E-state index < -0.39 is 23.1 Å². The zero-order chi connectivity index (χ0) is 25.6. The first-order valence-corrected chi connectivity index (χ1v) is 13.3. The second kappa shape index (κ2) is 15.5. The highest BCUT2D eigenvalue weighted by molar-refractivity contribution is 7.91. The molecular formula is C27H40NO5S+. The maximum Gasteiger partial charge on any atom is 0.340 e. The van der Waals surface area contributed by atoms with Gasteiger partial charge < -0.3 is 19.2 Å². The predicted octanol–water partition coefficient (Wildman–Crippen LogP) is 6.08. The molecule has 34 heavy (non-hydrogen) atoms. The molecule has 7 heteroatoms. The molecule has 0 amide bonds. The van der Waals surface area contributed by atoms with Gasteiger partial charge in [-0.05, 0) is 43.5 Å². The van der Waals surface area contributed by atoms with Crippen molar-refractivity contribution in [2.45, 2.75) is 69.1 Å². The van der Waals surface area contributed by atoms with Crippen molar-refractivity contribution >= 4 is 23.1 Å². The van der Waals surface area contributed by atoms with Crippen molar-refractivity contribution in [1.82, 2.24) is 0 Å². The normalized spacial score (nSPS) is 11.1. The molecule has 188 valence electrons. The lowest BCUT2D eigenvalue weighted by Gasteiger charge is -2.34. The monoisotopic (exact) mass is 490 g/mol. The summed E-state index contributed by atoms with van der Waals surface area (Å²) in [5.41, 5.74) is -0.211. The molecule has 2 aromatic rings. The number of aromatic carboxylic acids is 2. The maximum absolute atomic E-state index is 12.5. The lowest BCUT2D eigenvalue weighted by molar-refractivity contribution is -0.910. The standard InChI is InChI=1S/C14H10O5S.C13H30N/c15-13(16)9-5-1-3-7-11(9)20(19)12-8-4-2-6-10(12)14(17)18;1-5-8-11-14(4,12-9-6-2)13-10-7-3/h1-8H,(H,15,16)(H,17,18);5-13H2,1-4H3/q;+1. The van der Waals surface area contributed by atoms with E-state index in [9.17, 15) is 14.1 Å². The van der Waals surface area contributed by atoms with Gasteiger partial charge in [0.2, 0.25) is 0 Å². The van der Waals surface area contributed by atoms with Crippen LogP contribution < -0.4 is 0 Å². The number of quaternary nitrogens is 1. The number of unbranched alkanes of at least 4 members (excludes halogenated alkanes) is 3. The Morgan fingerprint density at radius 2 is 1.06 bits per heavy atom. The molecule has 2 N–H and O–H groups in total. The van der Waals surface area contributed by atoms with Gasteiger partial charge in [-0.15, -0.1) is 0 Å². The highest BCUT2D eigenvalue weighted by Gasteiger charge is 2.26. The van der Waals surface area contributed by atoms with Crippen LogP contribution in [0.15, 0.2) is 58.3 Å². The van der Waals surface area contributed by atoms with Crippen LogP contribution in [0, 0.1) is 0 Å². The minimum Gasteiger partial charge on any atom is -0.606 e. The van der Waals surface area contributed by atoms with Gasteiger partial charge in [0.15, 0.2) is 9.79 Å². The molecule has 2 rings (SSSR count). The number of rotatable bonds is 13. The van der Waals surface area contributed by atoms with Gasteiger partial charge >= 0.3 is 11.9 Å². The summed E-state index contributed by atoms with van der Waals surface area (Å²) in [5.74, 6) is -2.41. The third-order valence-electron chi connectivity index (χ3n) is 5.79. The molecule has 6 nitrogen and oxygen atoms in total. The Morgan fingerprint density at radius 1 is 0.735 bits per heavy atom. The summed E-state index contributed by atoms with van der Waals surface area (Å²) in [6.45, 7) is 11.0. The van der Waals surface area contributed by atoms with Gasteiger partial charge in [0.05, 0.1) is 26.7 Å². The smallest absolute Gasteiger partial charge is 0.340 e. The molecule has 0 fully saturated rings. The molecule has 0 radical (unpaired) electrons. The molecule has 0 atom stereocenters. The first-order chi connectivity index (χ1) is 16.2. The molecule has 0 spiro atoms. The maximum atomic E-state index is 12.5. The van der Waals surface area contributed by atoms with Crippen molar-refractivity contribution in [3.63, 3.8) is 0 Å². The zero-order valence-corrected chi connectivity index (χ0v) is 21.8. The van der Waals surface area contributed by atoms with Gasteiger partial charge in [0, 0.05) is 11.2 Å². The van der Waals surface area contributed by atoms with Crippen molar-refractivity contribution in [1.29, 1.82) is 0 Å². The number of carboxylic acids is 2. The van der Waals surface area contributed by atoms with Crippen molar-refractivity contribution < 1.29 is 28.8 Å². The number of benzene rings is 2. The molecule has 0 aliphatic heterocycles. The third kappa shape index (κ3) is 9.49. The van der Waals surface area contributed by atoms with E-state index in [2.05, 4.69) is 27.8 Å². The van der Waals surface area contributed by atoms with Gasteiger partial charge in [-0.3, -0.25) is 0 Å². The van der Waals surface area contributed by atoms with E-state index in [1.807, 2.05) is 0 Å². The Balaban J connectivity index is 0.000000365. The summed E-state index contributed by atoms with van der Waals surface area (Å²) in [6, 6.07) is 11.7. The predicted molar refractivity (Wildman–Crippen MR) is 137 cm³/mol. The van der Waals surface area contributed by atoms with Crippen molar-refractivity contribution in [3.8, 4) is 0 Å². The summed E-state index contributed by atoms with van der Waals surface area (Å²) in [7, 11) is 2.45. The Labute approximate surface area is 207 Å². The van der Waals surface area contributed by atoms with Crippen LogP contribution in [0.25, 0.3) is 0 Å². The average Bonchev–Trinajstić information content (AvgIpc) is 2.85. The Hall–Kier alpha value is -2.35. The molecular weight excluding hydrogens is 450 g/mol. The average molecular weight is 491 g/mol. The summed E-state index contributed by atoms with van der Waals surface area (Å²) in [6.07, 6.45) is 8.20. The first kappa shape index (κ1) is 29.7. The van der Waals surface area contributed by atoms with Gasteiger partial charge in [0.1, 0.15) is 11.1 Å². The fourth-order valence-electron chi connectivity index (χ4n) is 3.68. The van der Waals surface area contributed by atoms with Crippen LogP contribution in [0.4, 0.5) is 0 Å². The molecule has 0 saturated heterocycles. The highest BCUT2D eigenvalue weighted by Crippen LogP contribution is 2.26. The molecule has 0 saturated carbocycles. The van der Waals surface area contributed by atoms with E-state index in [1.165, 1.54) is 99.0 Å². The summed E-state index contributed by atoms with van der Waals surface area (Å²) in [4.78, 5) is 22.4. The lowest BCUT2D eigenvalue weighted by Crippen LogP contribution is -2.46. The third-order valence-corrected chi connectivity index (χ3v) is 7.30. The Morgan fingerprint density at radius 3 is 1.35 bits per heavy atom. The molecule has 0 aliphatic carbocycles. The second-order valence-electron chi connectivity index (χ2n) is 8.72. The summed E-state index contributed by atoms with van der Waals surface area (Å²) in [5, 5.41) is 18.2. The number of carboxylic acid groups (broad SMARTS) is 2. The molecule has 2 aromatic carbocycles. The van der Waals surface area contributed by atoms with Crippen LogP contribution in [0.2, 0.25) is 0 Å². The molecule has 0 aromatic heterocycles. The quantitative estimate of drug-likeness (QED) is 0.262. The highest BCUT2D eigenvalue weighted by atomic mass is 32.2. The minimum atomic E-state index is -1.87. The van der Waals surface area contributed by atoms with Crippen LogP contribution >= 0.6 is 0 Å². The lowest BCUT2D eigenvalue weighted by atomic mass is 10.2. The molecule has 0 aliphatic rings. The number of nitrogens with zero attached hydrogens (tertiary/aromatic N) is 1. The SMILES string of the molecule is CCCC[N+](C)(CCCC)CCCC.O=C(O)c1ccccc1[S+]([O-])c1ccccc1C(=O)O. The number of hydrogen-bond donors (Lipinski definition) is 2. The fraction of sp³-hybridized carbons (Fsp3) is 0.481. The van der Waals surface area contributed by atoms with Crippen LogP contribution in [0.3, 0.4) is 0 Å². The van der Waals surface area contributed by atoms with Crippen molar-refractivity contribution in [3.05, 3.63) is 59.7 Å². The van der Waals surface area contributed by atoms with Gasteiger partial charge in [0.25, 0.3) is 0 Å². The Kier molecular flexibility index (Phi) is 13.6. The Bertz CT molecular complexity index is 823. The van der Waals surface area contributed by atoms with Crippen LogP contribution in [-0.2, 0) is 11.2 Å². The zero-order valence-electron chi connectivity index (χ0n) is 21.0. The topological polar surface area (TPSA) is 97.7 Å². The van der Waals surface area contributed by atoms with E-state index in [1.54, 1.807) is 12.1 Å². The summed E-state index contributed by atoms with van der Waals surface area (Å²) >= 11 is -1.87. The van der Waals surface area contributed by atoms with Crippen LogP contribution in [-0.4, -0.2) is 57.9 Å². The number of carbonyl (C=O) groups is 2. The largest absolute Gasteiger partial charge is 0.606 e. The van der Waals surface area contributed by atoms with Gasteiger partial charge in [-0.2, -0.15) is 0 Å². The van der Waals surface area contributed by atoms with Crippen LogP contribution in [0.5, 0.6) is 0 Å². The van der Waals surface area contributed by atoms with Gasteiger partial charge in [-0.25, -0.2) is 9.59 Å². The molecule has 0 bridgehead atoms. The number of hydrogen-bond acceptors (Lipinski definition) is 3. The molecule has 0 unspecified atom stereocenters. The van der Waals surface area contributed by atoms with E-state index >= 15 is 0 Å². The van der Waals surface area contributed by atoms with Gasteiger partial charge in [-0.1, -0.05) is 64.3 Å². The van der Waals surface area contributed by atoms with E-state index in [4.69, 9.17) is 10.2 Å². The van der Waals surface area contributed by atoms with E-state index in [0.717, 1.165) is 0 Å². The fourth-order valence-corrected chi connectivity index (χ4v) is 5.03. The molecule has 0 heterocycles.